The van der Waals surface area contributed by atoms with Crippen LogP contribution in [0.15, 0.2) is 67.0 Å². The zero-order valence-corrected chi connectivity index (χ0v) is 14.5. The molecule has 0 aliphatic carbocycles. The molecule has 0 saturated heterocycles. The van der Waals surface area contributed by atoms with Gasteiger partial charge in [0, 0.05) is 30.2 Å². The predicted octanol–water partition coefficient (Wildman–Crippen LogP) is 4.04. The van der Waals surface area contributed by atoms with Crippen molar-refractivity contribution in [3.63, 3.8) is 0 Å². The van der Waals surface area contributed by atoms with Crippen molar-refractivity contribution in [3.8, 4) is 5.75 Å². The third-order valence-electron chi connectivity index (χ3n) is 4.48. The van der Waals surface area contributed by atoms with Crippen LogP contribution in [0.3, 0.4) is 0 Å². The molecule has 0 radical (unpaired) electrons. The molecule has 1 amide bonds. The van der Waals surface area contributed by atoms with Gasteiger partial charge in [0.15, 0.2) is 0 Å². The van der Waals surface area contributed by atoms with Gasteiger partial charge < -0.3 is 15.0 Å². The van der Waals surface area contributed by atoms with Crippen LogP contribution in [0, 0.1) is 0 Å². The largest absolute Gasteiger partial charge is 0.497 e. The van der Waals surface area contributed by atoms with Crippen LogP contribution in [0.25, 0.3) is 0 Å². The lowest BCUT2D eigenvalue weighted by Crippen LogP contribution is -2.29. The van der Waals surface area contributed by atoms with Crippen molar-refractivity contribution in [1.29, 1.82) is 0 Å². The van der Waals surface area contributed by atoms with E-state index in [2.05, 4.69) is 16.4 Å². The Hall–Kier alpha value is -3.34. The Balaban J connectivity index is 1.57. The maximum absolute atomic E-state index is 13.0. The van der Waals surface area contributed by atoms with Crippen molar-refractivity contribution in [3.05, 3.63) is 78.1 Å². The second-order valence-electron chi connectivity index (χ2n) is 6.15. The number of nitrogens with one attached hydrogen (secondary N) is 1. The maximum atomic E-state index is 13.0. The first-order valence-corrected chi connectivity index (χ1v) is 8.50. The molecule has 0 atom stereocenters. The first kappa shape index (κ1) is 16.1. The quantitative estimate of drug-likeness (QED) is 0.775. The number of ether oxygens (including phenoxy) is 1. The van der Waals surface area contributed by atoms with Gasteiger partial charge in [-0.25, -0.2) is 0 Å². The summed E-state index contributed by atoms with van der Waals surface area (Å²) in [6.45, 7) is 0.700. The SMILES string of the molecule is COc1cccc(Nc2cncc(C(=O)N3CCc4ccccc43)c2)c1. The number of rotatable bonds is 4. The summed E-state index contributed by atoms with van der Waals surface area (Å²) in [5.41, 5.74) is 4.40. The van der Waals surface area contributed by atoms with Gasteiger partial charge in [-0.15, -0.1) is 0 Å². The molecule has 1 aromatic heterocycles. The predicted molar refractivity (Wildman–Crippen MR) is 102 cm³/mol. The maximum Gasteiger partial charge on any atom is 0.259 e. The fourth-order valence-electron chi connectivity index (χ4n) is 3.20. The van der Waals surface area contributed by atoms with Crippen molar-refractivity contribution in [1.82, 2.24) is 4.98 Å². The summed E-state index contributed by atoms with van der Waals surface area (Å²) >= 11 is 0. The van der Waals surface area contributed by atoms with Crippen molar-refractivity contribution < 1.29 is 9.53 Å². The van der Waals surface area contributed by atoms with Gasteiger partial charge in [-0.05, 0) is 36.2 Å². The molecular weight excluding hydrogens is 326 g/mol. The third-order valence-corrected chi connectivity index (χ3v) is 4.48. The number of nitrogens with zero attached hydrogens (tertiary/aromatic N) is 2. The zero-order valence-electron chi connectivity index (χ0n) is 14.5. The normalized spacial score (nSPS) is 12.6. The lowest BCUT2D eigenvalue weighted by molar-refractivity contribution is 0.0989. The van der Waals surface area contributed by atoms with Crippen LogP contribution in [0.1, 0.15) is 15.9 Å². The lowest BCUT2D eigenvalue weighted by atomic mass is 10.2. The fourth-order valence-corrected chi connectivity index (χ4v) is 3.20. The molecule has 0 unspecified atom stereocenters. The molecule has 0 bridgehead atoms. The molecule has 5 heteroatoms. The summed E-state index contributed by atoms with van der Waals surface area (Å²) in [7, 11) is 1.63. The van der Waals surface area contributed by atoms with E-state index in [1.165, 1.54) is 5.56 Å². The van der Waals surface area contributed by atoms with E-state index in [-0.39, 0.29) is 5.91 Å². The molecule has 26 heavy (non-hydrogen) atoms. The number of para-hydroxylation sites is 1. The zero-order chi connectivity index (χ0) is 17.9. The van der Waals surface area contributed by atoms with Crippen LogP contribution in [0.4, 0.5) is 17.1 Å². The number of amides is 1. The summed E-state index contributed by atoms with van der Waals surface area (Å²) in [6.07, 6.45) is 4.20. The molecule has 3 aromatic rings. The van der Waals surface area contributed by atoms with Gasteiger partial charge in [-0.3, -0.25) is 9.78 Å². The number of aromatic nitrogens is 1. The van der Waals surface area contributed by atoms with Crippen LogP contribution in [-0.4, -0.2) is 24.5 Å². The summed E-state index contributed by atoms with van der Waals surface area (Å²) in [5, 5.41) is 3.27. The van der Waals surface area contributed by atoms with Gasteiger partial charge in [0.2, 0.25) is 0 Å². The highest BCUT2D eigenvalue weighted by Crippen LogP contribution is 2.29. The Morgan fingerprint density at radius 2 is 1.96 bits per heavy atom. The van der Waals surface area contributed by atoms with Crippen molar-refractivity contribution in [2.24, 2.45) is 0 Å². The Morgan fingerprint density at radius 1 is 1.08 bits per heavy atom. The number of fused-ring (bicyclic) bond motifs is 1. The number of hydrogen-bond acceptors (Lipinski definition) is 4. The molecule has 5 nitrogen and oxygen atoms in total. The van der Waals surface area contributed by atoms with Gasteiger partial charge in [0.1, 0.15) is 5.75 Å². The number of methoxy groups -OCH3 is 1. The minimum Gasteiger partial charge on any atom is -0.497 e. The van der Waals surface area contributed by atoms with Gasteiger partial charge >= 0.3 is 0 Å². The van der Waals surface area contributed by atoms with E-state index < -0.39 is 0 Å². The van der Waals surface area contributed by atoms with E-state index in [1.807, 2.05) is 53.4 Å². The Labute approximate surface area is 152 Å². The van der Waals surface area contributed by atoms with Gasteiger partial charge in [-0.2, -0.15) is 0 Å². The Kier molecular flexibility index (Phi) is 4.27. The number of pyridine rings is 1. The number of carbonyl (C=O) groups is 1. The summed E-state index contributed by atoms with van der Waals surface area (Å²) in [5.74, 6) is 0.737. The average molecular weight is 345 g/mol. The van der Waals surface area contributed by atoms with Crippen LogP contribution in [0.5, 0.6) is 5.75 Å². The van der Waals surface area contributed by atoms with Gasteiger partial charge in [-0.1, -0.05) is 24.3 Å². The lowest BCUT2D eigenvalue weighted by Gasteiger charge is -2.17. The number of anilines is 3. The molecular formula is C21H19N3O2. The molecule has 2 heterocycles. The monoisotopic (exact) mass is 345 g/mol. The molecule has 4 rings (SSSR count). The highest BCUT2D eigenvalue weighted by molar-refractivity contribution is 6.07. The van der Waals surface area contributed by atoms with Crippen molar-refractivity contribution in [2.75, 3.05) is 23.9 Å². The topological polar surface area (TPSA) is 54.5 Å². The van der Waals surface area contributed by atoms with E-state index in [9.17, 15) is 4.79 Å². The van der Waals surface area contributed by atoms with Crippen LogP contribution in [0.2, 0.25) is 0 Å². The minimum absolute atomic E-state index is 0.0308. The molecule has 0 fully saturated rings. The number of carbonyl (C=O) groups excluding carboxylic acids is 1. The Bertz CT molecular complexity index is 955. The highest BCUT2D eigenvalue weighted by Gasteiger charge is 2.25. The molecule has 1 aliphatic rings. The molecule has 2 aromatic carbocycles. The van der Waals surface area contributed by atoms with E-state index in [1.54, 1.807) is 19.5 Å². The van der Waals surface area contributed by atoms with E-state index in [0.717, 1.165) is 29.2 Å². The molecule has 0 spiro atoms. The summed E-state index contributed by atoms with van der Waals surface area (Å²) in [6, 6.07) is 17.5. The molecule has 1 aliphatic heterocycles. The van der Waals surface area contributed by atoms with E-state index in [0.29, 0.717) is 12.1 Å². The third kappa shape index (κ3) is 3.11. The smallest absolute Gasteiger partial charge is 0.259 e. The molecule has 130 valence electrons. The standard InChI is InChI=1S/C21H19N3O2/c1-26-19-7-4-6-17(12-19)23-18-11-16(13-22-14-18)21(25)24-10-9-15-5-2-3-8-20(15)24/h2-8,11-14,23H,9-10H2,1H3. The van der Waals surface area contributed by atoms with Crippen LogP contribution < -0.4 is 15.0 Å². The summed E-state index contributed by atoms with van der Waals surface area (Å²) < 4.78 is 5.24. The van der Waals surface area contributed by atoms with Gasteiger partial charge in [0.05, 0.1) is 24.6 Å². The fraction of sp³-hybridized carbons (Fsp3) is 0.143. The second kappa shape index (κ2) is 6.88. The first-order chi connectivity index (χ1) is 12.7. The number of hydrogen-bond donors (Lipinski definition) is 1. The van der Waals surface area contributed by atoms with Gasteiger partial charge in [0.25, 0.3) is 5.91 Å². The van der Waals surface area contributed by atoms with Crippen LogP contribution in [-0.2, 0) is 6.42 Å². The minimum atomic E-state index is -0.0308. The first-order valence-electron chi connectivity index (χ1n) is 8.50. The second-order valence-corrected chi connectivity index (χ2v) is 6.15. The Morgan fingerprint density at radius 3 is 2.85 bits per heavy atom. The molecule has 1 N–H and O–H groups in total. The highest BCUT2D eigenvalue weighted by atomic mass is 16.5. The van der Waals surface area contributed by atoms with E-state index in [4.69, 9.17) is 4.74 Å². The molecule has 0 saturated carbocycles. The van der Waals surface area contributed by atoms with Crippen LogP contribution >= 0.6 is 0 Å². The summed E-state index contributed by atoms with van der Waals surface area (Å²) in [4.78, 5) is 19.0. The van der Waals surface area contributed by atoms with Crippen molar-refractivity contribution in [2.45, 2.75) is 6.42 Å². The van der Waals surface area contributed by atoms with E-state index >= 15 is 0 Å². The average Bonchev–Trinajstić information content (AvgIpc) is 3.12. The number of benzene rings is 2. The van der Waals surface area contributed by atoms with Crippen molar-refractivity contribution >= 4 is 23.0 Å².